The van der Waals surface area contributed by atoms with Gasteiger partial charge in [-0.25, -0.2) is 0 Å². The largest absolute Gasteiger partial charge is 0.416 e. The molecule has 0 aromatic heterocycles. The van der Waals surface area contributed by atoms with Crippen molar-refractivity contribution < 1.29 is 18.0 Å². The van der Waals surface area contributed by atoms with Gasteiger partial charge in [0.15, 0.2) is 0 Å². The monoisotopic (exact) mass is 350 g/mol. The molecule has 23 heavy (non-hydrogen) atoms. The first-order valence-electron chi connectivity index (χ1n) is 7.52. The zero-order chi connectivity index (χ0) is 16.2. The lowest BCUT2D eigenvalue weighted by atomic mass is 9.92. The van der Waals surface area contributed by atoms with Crippen LogP contribution in [-0.2, 0) is 17.4 Å². The highest BCUT2D eigenvalue weighted by molar-refractivity contribution is 5.85. The second-order valence-electron chi connectivity index (χ2n) is 5.83. The fraction of sp³-hybridized carbons (Fsp3) is 0.562. The molecule has 1 aromatic rings. The van der Waals surface area contributed by atoms with Gasteiger partial charge in [0.05, 0.1) is 12.0 Å². The van der Waals surface area contributed by atoms with Gasteiger partial charge in [0, 0.05) is 6.04 Å². The van der Waals surface area contributed by atoms with Gasteiger partial charge in [-0.2, -0.15) is 13.2 Å². The van der Waals surface area contributed by atoms with E-state index in [0.29, 0.717) is 11.5 Å². The summed E-state index contributed by atoms with van der Waals surface area (Å²) in [5.74, 6) is 0.253. The Labute approximate surface area is 140 Å². The summed E-state index contributed by atoms with van der Waals surface area (Å²) < 4.78 is 37.4. The van der Waals surface area contributed by atoms with Gasteiger partial charge in [-0.3, -0.25) is 4.79 Å². The molecule has 0 bridgehead atoms. The van der Waals surface area contributed by atoms with Gasteiger partial charge < -0.3 is 10.6 Å². The van der Waals surface area contributed by atoms with Crippen LogP contribution in [0.15, 0.2) is 24.3 Å². The molecule has 2 atom stereocenters. The SMILES string of the molecule is CC(NC(=O)Cc1ccc(C(F)(F)F)cc1)C1CCCNC1.Cl. The first-order valence-corrected chi connectivity index (χ1v) is 7.52. The number of alkyl halides is 3. The van der Waals surface area contributed by atoms with Crippen LogP contribution in [0.2, 0.25) is 0 Å². The van der Waals surface area contributed by atoms with Crippen molar-refractivity contribution >= 4 is 18.3 Å². The molecule has 1 aliphatic heterocycles. The topological polar surface area (TPSA) is 41.1 Å². The highest BCUT2D eigenvalue weighted by Gasteiger charge is 2.30. The lowest BCUT2D eigenvalue weighted by molar-refractivity contribution is -0.137. The fourth-order valence-corrected chi connectivity index (χ4v) is 2.73. The molecular weight excluding hydrogens is 329 g/mol. The van der Waals surface area contributed by atoms with Gasteiger partial charge in [-0.05, 0) is 56.5 Å². The third kappa shape index (κ3) is 6.03. The summed E-state index contributed by atoms with van der Waals surface area (Å²) in [6.45, 7) is 3.88. The second-order valence-corrected chi connectivity index (χ2v) is 5.83. The van der Waals surface area contributed by atoms with Crippen molar-refractivity contribution in [1.82, 2.24) is 10.6 Å². The van der Waals surface area contributed by atoms with E-state index in [9.17, 15) is 18.0 Å². The molecule has 0 aliphatic carbocycles. The Morgan fingerprint density at radius 3 is 2.52 bits per heavy atom. The zero-order valence-electron chi connectivity index (χ0n) is 13.0. The molecule has 1 heterocycles. The minimum absolute atomic E-state index is 0. The number of carbonyl (C=O) groups is 1. The van der Waals surface area contributed by atoms with Gasteiger partial charge >= 0.3 is 6.18 Å². The van der Waals surface area contributed by atoms with E-state index in [0.717, 1.165) is 38.1 Å². The third-order valence-electron chi connectivity index (χ3n) is 4.08. The number of carbonyl (C=O) groups excluding carboxylic acids is 1. The number of amides is 1. The lowest BCUT2D eigenvalue weighted by Crippen LogP contribution is -2.45. The van der Waals surface area contributed by atoms with Crippen LogP contribution >= 0.6 is 12.4 Å². The molecule has 1 amide bonds. The van der Waals surface area contributed by atoms with E-state index < -0.39 is 11.7 Å². The lowest BCUT2D eigenvalue weighted by Gasteiger charge is -2.29. The van der Waals surface area contributed by atoms with Crippen molar-refractivity contribution in [2.45, 2.75) is 38.4 Å². The van der Waals surface area contributed by atoms with Gasteiger partial charge in [0.1, 0.15) is 0 Å². The molecule has 2 unspecified atom stereocenters. The normalized spacial score (nSPS) is 19.6. The Morgan fingerprint density at radius 2 is 2.00 bits per heavy atom. The molecule has 1 saturated heterocycles. The van der Waals surface area contributed by atoms with Gasteiger partial charge in [0.25, 0.3) is 0 Å². The van der Waals surface area contributed by atoms with Crippen molar-refractivity contribution in [2.24, 2.45) is 5.92 Å². The van der Waals surface area contributed by atoms with E-state index in [1.54, 1.807) is 0 Å². The van der Waals surface area contributed by atoms with Crippen LogP contribution in [0.3, 0.4) is 0 Å². The highest BCUT2D eigenvalue weighted by Crippen LogP contribution is 2.29. The Balaban J connectivity index is 0.00000264. The zero-order valence-corrected chi connectivity index (χ0v) is 13.8. The first kappa shape index (κ1) is 19.8. The van der Waals surface area contributed by atoms with Crippen LogP contribution in [0, 0.1) is 5.92 Å². The molecule has 0 radical (unpaired) electrons. The minimum Gasteiger partial charge on any atom is -0.353 e. The average Bonchev–Trinajstić information content (AvgIpc) is 2.47. The third-order valence-corrected chi connectivity index (χ3v) is 4.08. The predicted octanol–water partition coefficient (Wildman–Crippen LogP) is 3.17. The van der Waals surface area contributed by atoms with E-state index in [1.165, 1.54) is 12.1 Å². The maximum absolute atomic E-state index is 12.5. The van der Waals surface area contributed by atoms with Crippen LogP contribution in [0.5, 0.6) is 0 Å². The molecule has 0 spiro atoms. The Morgan fingerprint density at radius 1 is 1.35 bits per heavy atom. The summed E-state index contributed by atoms with van der Waals surface area (Å²) >= 11 is 0. The van der Waals surface area contributed by atoms with Crippen LogP contribution in [0.1, 0.15) is 30.9 Å². The first-order chi connectivity index (χ1) is 10.4. The van der Waals surface area contributed by atoms with E-state index in [-0.39, 0.29) is 30.8 Å². The number of benzene rings is 1. The molecular formula is C16H22ClF3N2O. The smallest absolute Gasteiger partial charge is 0.353 e. The van der Waals surface area contributed by atoms with Gasteiger partial charge in [0.2, 0.25) is 5.91 Å². The van der Waals surface area contributed by atoms with Gasteiger partial charge in [-0.1, -0.05) is 12.1 Å². The summed E-state index contributed by atoms with van der Waals surface area (Å²) in [5, 5.41) is 6.24. The van der Waals surface area contributed by atoms with Crippen molar-refractivity contribution in [2.75, 3.05) is 13.1 Å². The number of hydrogen-bond donors (Lipinski definition) is 2. The molecule has 2 N–H and O–H groups in total. The van der Waals surface area contributed by atoms with E-state index >= 15 is 0 Å². The molecule has 0 saturated carbocycles. The Hall–Kier alpha value is -1.27. The maximum atomic E-state index is 12.5. The molecule has 1 aliphatic rings. The number of piperidine rings is 1. The summed E-state index contributed by atoms with van der Waals surface area (Å²) in [4.78, 5) is 12.0. The summed E-state index contributed by atoms with van der Waals surface area (Å²) in [6, 6.07) is 4.80. The molecule has 2 rings (SSSR count). The predicted molar refractivity (Wildman–Crippen MR) is 85.6 cm³/mol. The highest BCUT2D eigenvalue weighted by atomic mass is 35.5. The summed E-state index contributed by atoms with van der Waals surface area (Å²) in [5.41, 5.74) is -0.113. The van der Waals surface area contributed by atoms with Crippen molar-refractivity contribution in [3.05, 3.63) is 35.4 Å². The number of halogens is 4. The van der Waals surface area contributed by atoms with Gasteiger partial charge in [-0.15, -0.1) is 12.4 Å². The number of hydrogen-bond acceptors (Lipinski definition) is 2. The van der Waals surface area contributed by atoms with E-state index in [4.69, 9.17) is 0 Å². The molecule has 1 fully saturated rings. The Kier molecular flexibility index (Phi) is 7.35. The van der Waals surface area contributed by atoms with Crippen molar-refractivity contribution in [1.29, 1.82) is 0 Å². The molecule has 130 valence electrons. The maximum Gasteiger partial charge on any atom is 0.416 e. The minimum atomic E-state index is -4.34. The van der Waals surface area contributed by atoms with Crippen molar-refractivity contribution in [3.63, 3.8) is 0 Å². The molecule has 7 heteroatoms. The van der Waals surface area contributed by atoms with Crippen molar-refractivity contribution in [3.8, 4) is 0 Å². The molecule has 3 nitrogen and oxygen atoms in total. The molecule has 1 aromatic carbocycles. The Bertz CT molecular complexity index is 499. The second kappa shape index (κ2) is 8.55. The van der Waals surface area contributed by atoms with Crippen LogP contribution < -0.4 is 10.6 Å². The fourth-order valence-electron chi connectivity index (χ4n) is 2.73. The standard InChI is InChI=1S/C16H21F3N2O.ClH/c1-11(13-3-2-8-20-10-13)21-15(22)9-12-4-6-14(7-5-12)16(17,18)19;/h4-7,11,13,20H,2-3,8-10H2,1H3,(H,21,22);1H. The van der Waals surface area contributed by atoms with Crippen LogP contribution in [0.25, 0.3) is 0 Å². The summed E-state index contributed by atoms with van der Waals surface area (Å²) in [7, 11) is 0. The number of nitrogens with one attached hydrogen (secondary N) is 2. The van der Waals surface area contributed by atoms with Crippen LogP contribution in [0.4, 0.5) is 13.2 Å². The van der Waals surface area contributed by atoms with E-state index in [2.05, 4.69) is 10.6 Å². The van der Waals surface area contributed by atoms with E-state index in [1.807, 2.05) is 6.92 Å². The average molecular weight is 351 g/mol. The number of rotatable bonds is 4. The quantitative estimate of drug-likeness (QED) is 0.875. The summed E-state index contributed by atoms with van der Waals surface area (Å²) in [6.07, 6.45) is -2.07. The van der Waals surface area contributed by atoms with Crippen LogP contribution in [-0.4, -0.2) is 25.0 Å².